The first kappa shape index (κ1) is 16.3. The van der Waals surface area contributed by atoms with Crippen molar-refractivity contribution in [3.63, 3.8) is 0 Å². The Morgan fingerprint density at radius 3 is 2.36 bits per heavy atom. The minimum Gasteiger partial charge on any atom is -0.339 e. The molecule has 1 N–H and O–H groups in total. The molecule has 0 aliphatic carbocycles. The second kappa shape index (κ2) is 7.00. The Hall–Kier alpha value is -2.14. The second-order valence-corrected chi connectivity index (χ2v) is 7.54. The first-order chi connectivity index (χ1) is 12.2. The number of rotatable bonds is 3. The van der Waals surface area contributed by atoms with E-state index >= 15 is 0 Å². The summed E-state index contributed by atoms with van der Waals surface area (Å²) in [7, 11) is 0. The summed E-state index contributed by atoms with van der Waals surface area (Å²) in [6, 6.07) is 10.7. The molecule has 25 heavy (non-hydrogen) atoms. The fraction of sp³-hybridized carbons (Fsp3) is 0.500. The number of hydrogen-bond donors (Lipinski definition) is 1. The molecule has 1 aromatic heterocycles. The number of aromatic nitrogens is 2. The van der Waals surface area contributed by atoms with Crippen LogP contribution in [0.5, 0.6) is 0 Å². The molecule has 1 aromatic carbocycles. The quantitative estimate of drug-likeness (QED) is 0.936. The van der Waals surface area contributed by atoms with E-state index in [4.69, 9.17) is 0 Å². The Bertz CT molecular complexity index is 680. The first-order valence-corrected chi connectivity index (χ1v) is 9.29. The summed E-state index contributed by atoms with van der Waals surface area (Å²) in [5, 5.41) is 6.61. The van der Waals surface area contributed by atoms with Gasteiger partial charge in [0, 0.05) is 25.8 Å². The van der Waals surface area contributed by atoms with Gasteiger partial charge in [-0.2, -0.15) is 5.10 Å². The molecule has 4 rings (SSSR count). The van der Waals surface area contributed by atoms with Gasteiger partial charge >= 0.3 is 0 Å². The number of H-pyrrole nitrogens is 1. The van der Waals surface area contributed by atoms with Crippen molar-refractivity contribution in [2.24, 2.45) is 5.41 Å². The molecule has 2 aromatic rings. The largest absolute Gasteiger partial charge is 0.339 e. The standard InChI is InChI=1S/C20H26N4O/c25-19(18-14-21-22-15-18)24-12-8-20(9-13-24)6-10-23(11-7-20)16-17-4-2-1-3-5-17/h1-5,14-15H,6-13,16H2,(H,21,22). The van der Waals surface area contributed by atoms with Crippen molar-refractivity contribution in [1.82, 2.24) is 20.0 Å². The van der Waals surface area contributed by atoms with E-state index in [-0.39, 0.29) is 5.91 Å². The van der Waals surface area contributed by atoms with Gasteiger partial charge in [0.1, 0.15) is 0 Å². The molecule has 0 saturated carbocycles. The molecule has 0 unspecified atom stereocenters. The number of piperidine rings is 2. The van der Waals surface area contributed by atoms with Crippen LogP contribution in [0.25, 0.3) is 0 Å². The molecule has 1 spiro atoms. The van der Waals surface area contributed by atoms with Crippen LogP contribution < -0.4 is 0 Å². The summed E-state index contributed by atoms with van der Waals surface area (Å²) in [4.78, 5) is 17.0. The summed E-state index contributed by atoms with van der Waals surface area (Å²) in [5.41, 5.74) is 2.52. The highest BCUT2D eigenvalue weighted by Crippen LogP contribution is 2.41. The number of amides is 1. The third-order valence-corrected chi connectivity index (χ3v) is 6.02. The summed E-state index contributed by atoms with van der Waals surface area (Å²) in [6.45, 7) is 5.16. The minimum absolute atomic E-state index is 0.116. The van der Waals surface area contributed by atoms with Crippen LogP contribution in [0.2, 0.25) is 0 Å². The zero-order valence-corrected chi connectivity index (χ0v) is 14.7. The SMILES string of the molecule is O=C(c1cn[nH]c1)N1CCC2(CCN(Cc3ccccc3)CC2)CC1. The van der Waals surface area contributed by atoms with Crippen molar-refractivity contribution in [2.75, 3.05) is 26.2 Å². The minimum atomic E-state index is 0.116. The van der Waals surface area contributed by atoms with Crippen LogP contribution in [-0.4, -0.2) is 52.1 Å². The Labute approximate surface area is 149 Å². The van der Waals surface area contributed by atoms with Gasteiger partial charge in [0.05, 0.1) is 11.8 Å². The van der Waals surface area contributed by atoms with E-state index in [1.807, 2.05) is 4.90 Å². The highest BCUT2D eigenvalue weighted by atomic mass is 16.2. The normalized spacial score (nSPS) is 20.7. The zero-order chi connectivity index (χ0) is 17.1. The van der Waals surface area contributed by atoms with Crippen LogP contribution in [0.4, 0.5) is 0 Å². The Kier molecular flexibility index (Phi) is 4.57. The fourth-order valence-electron chi connectivity index (χ4n) is 4.26. The Balaban J connectivity index is 1.29. The maximum Gasteiger partial charge on any atom is 0.257 e. The summed E-state index contributed by atoms with van der Waals surface area (Å²) in [5.74, 6) is 0.116. The van der Waals surface area contributed by atoms with Crippen molar-refractivity contribution in [2.45, 2.75) is 32.2 Å². The predicted octanol–water partition coefficient (Wildman–Crippen LogP) is 2.93. The first-order valence-electron chi connectivity index (χ1n) is 9.29. The summed E-state index contributed by atoms with van der Waals surface area (Å²) < 4.78 is 0. The number of benzene rings is 1. The van der Waals surface area contributed by atoms with E-state index in [9.17, 15) is 4.79 Å². The van der Waals surface area contributed by atoms with E-state index in [2.05, 4.69) is 45.4 Å². The number of aromatic amines is 1. The molecular weight excluding hydrogens is 312 g/mol. The molecule has 5 heteroatoms. The van der Waals surface area contributed by atoms with Gasteiger partial charge in [-0.15, -0.1) is 0 Å². The molecule has 3 heterocycles. The van der Waals surface area contributed by atoms with E-state index in [1.54, 1.807) is 12.4 Å². The van der Waals surface area contributed by atoms with Crippen LogP contribution in [0.15, 0.2) is 42.7 Å². The molecule has 0 radical (unpaired) electrons. The van der Waals surface area contributed by atoms with Crippen LogP contribution in [0.3, 0.4) is 0 Å². The average molecular weight is 338 g/mol. The van der Waals surface area contributed by atoms with Gasteiger partial charge in [0.2, 0.25) is 0 Å². The Morgan fingerprint density at radius 1 is 1.04 bits per heavy atom. The molecule has 132 valence electrons. The monoisotopic (exact) mass is 338 g/mol. The van der Waals surface area contributed by atoms with Gasteiger partial charge in [-0.25, -0.2) is 0 Å². The number of likely N-dealkylation sites (tertiary alicyclic amines) is 2. The van der Waals surface area contributed by atoms with E-state index in [1.165, 1.54) is 31.5 Å². The molecule has 2 aliphatic rings. The van der Waals surface area contributed by atoms with Gasteiger partial charge in [0.15, 0.2) is 0 Å². The van der Waals surface area contributed by atoms with Gasteiger partial charge in [-0.05, 0) is 49.8 Å². The second-order valence-electron chi connectivity index (χ2n) is 7.54. The van der Waals surface area contributed by atoms with E-state index in [0.717, 1.165) is 32.5 Å². The highest BCUT2D eigenvalue weighted by Gasteiger charge is 2.38. The van der Waals surface area contributed by atoms with Crippen molar-refractivity contribution >= 4 is 5.91 Å². The number of hydrogen-bond acceptors (Lipinski definition) is 3. The number of carbonyl (C=O) groups is 1. The molecule has 2 saturated heterocycles. The lowest BCUT2D eigenvalue weighted by atomic mass is 9.71. The average Bonchev–Trinajstić information content (AvgIpc) is 3.20. The fourth-order valence-corrected chi connectivity index (χ4v) is 4.26. The molecule has 5 nitrogen and oxygen atoms in total. The lowest BCUT2D eigenvalue weighted by Crippen LogP contribution is -2.48. The third kappa shape index (κ3) is 3.61. The summed E-state index contributed by atoms with van der Waals surface area (Å²) >= 11 is 0. The lowest BCUT2D eigenvalue weighted by Gasteiger charge is -2.47. The van der Waals surface area contributed by atoms with Crippen molar-refractivity contribution in [1.29, 1.82) is 0 Å². The Morgan fingerprint density at radius 2 is 1.72 bits per heavy atom. The molecule has 0 bridgehead atoms. The van der Waals surface area contributed by atoms with E-state index in [0.29, 0.717) is 11.0 Å². The van der Waals surface area contributed by atoms with Gasteiger partial charge < -0.3 is 4.90 Å². The smallest absolute Gasteiger partial charge is 0.257 e. The number of nitrogens with zero attached hydrogens (tertiary/aromatic N) is 3. The maximum atomic E-state index is 12.4. The van der Waals surface area contributed by atoms with Crippen LogP contribution in [-0.2, 0) is 6.54 Å². The van der Waals surface area contributed by atoms with E-state index < -0.39 is 0 Å². The lowest BCUT2D eigenvalue weighted by molar-refractivity contribution is 0.0285. The van der Waals surface area contributed by atoms with Gasteiger partial charge in [0.25, 0.3) is 5.91 Å². The van der Waals surface area contributed by atoms with Crippen molar-refractivity contribution in [3.05, 3.63) is 53.9 Å². The van der Waals surface area contributed by atoms with Crippen LogP contribution >= 0.6 is 0 Å². The van der Waals surface area contributed by atoms with Gasteiger partial charge in [-0.3, -0.25) is 14.8 Å². The predicted molar refractivity (Wildman–Crippen MR) is 97.1 cm³/mol. The molecule has 1 amide bonds. The van der Waals surface area contributed by atoms with Crippen molar-refractivity contribution < 1.29 is 4.79 Å². The zero-order valence-electron chi connectivity index (χ0n) is 14.7. The maximum absolute atomic E-state index is 12.4. The molecular formula is C20H26N4O. The number of nitrogens with one attached hydrogen (secondary N) is 1. The van der Waals surface area contributed by atoms with Gasteiger partial charge in [-0.1, -0.05) is 30.3 Å². The molecule has 2 fully saturated rings. The molecule has 2 aliphatic heterocycles. The van der Waals surface area contributed by atoms with Crippen LogP contribution in [0, 0.1) is 5.41 Å². The molecule has 0 atom stereocenters. The third-order valence-electron chi connectivity index (χ3n) is 6.02. The topological polar surface area (TPSA) is 52.2 Å². The van der Waals surface area contributed by atoms with Crippen LogP contribution in [0.1, 0.15) is 41.6 Å². The number of carbonyl (C=O) groups excluding carboxylic acids is 1. The highest BCUT2D eigenvalue weighted by molar-refractivity contribution is 5.93. The summed E-state index contributed by atoms with van der Waals surface area (Å²) in [6.07, 6.45) is 8.09. The van der Waals surface area contributed by atoms with Crippen molar-refractivity contribution in [3.8, 4) is 0 Å².